The van der Waals surface area contributed by atoms with E-state index in [9.17, 15) is 4.79 Å². The van der Waals surface area contributed by atoms with Crippen molar-refractivity contribution >= 4 is 28.5 Å². The normalized spacial score (nSPS) is 17.4. The van der Waals surface area contributed by atoms with Crippen LogP contribution in [-0.4, -0.2) is 43.6 Å². The summed E-state index contributed by atoms with van der Waals surface area (Å²) in [7, 11) is 0. The number of aryl methyl sites for hydroxylation is 1. The lowest BCUT2D eigenvalue weighted by atomic mass is 9.74. The maximum Gasteiger partial charge on any atom is 0.253 e. The summed E-state index contributed by atoms with van der Waals surface area (Å²) in [6, 6.07) is 13.8. The van der Waals surface area contributed by atoms with Gasteiger partial charge < -0.3 is 9.88 Å². The zero-order chi connectivity index (χ0) is 21.0. The number of hydrogen-bond acceptors (Lipinski definition) is 3. The van der Waals surface area contributed by atoms with Crippen LogP contribution in [0.5, 0.6) is 0 Å². The van der Waals surface area contributed by atoms with Crippen LogP contribution in [0.25, 0.3) is 22.3 Å². The Labute approximate surface area is 184 Å². The first kappa shape index (κ1) is 18.6. The highest BCUT2D eigenvalue weighted by atomic mass is 35.5. The van der Waals surface area contributed by atoms with Crippen molar-refractivity contribution in [3.63, 3.8) is 0 Å². The van der Waals surface area contributed by atoms with Crippen LogP contribution in [0.15, 0.2) is 54.9 Å². The average Bonchev–Trinajstić information content (AvgIpc) is 3.50. The Bertz CT molecular complexity index is 1280. The predicted molar refractivity (Wildman–Crippen MR) is 120 cm³/mol. The first-order valence-electron chi connectivity index (χ1n) is 10.7. The van der Waals surface area contributed by atoms with Gasteiger partial charge in [0.25, 0.3) is 5.91 Å². The second-order valence-corrected chi connectivity index (χ2v) is 8.99. The number of nitrogens with zero attached hydrogens (tertiary/aromatic N) is 4. The molecule has 6 rings (SSSR count). The lowest BCUT2D eigenvalue weighted by Gasteiger charge is -2.39. The highest BCUT2D eigenvalue weighted by molar-refractivity contribution is 6.35. The first-order valence-corrected chi connectivity index (χ1v) is 11.1. The first-order chi connectivity index (χ1) is 15.1. The topological polar surface area (TPSA) is 66.8 Å². The second kappa shape index (κ2) is 6.95. The van der Waals surface area contributed by atoms with E-state index < -0.39 is 0 Å². The largest absolute Gasteiger partial charge is 0.345 e. The molecule has 0 bridgehead atoms. The molecule has 1 saturated heterocycles. The lowest BCUT2D eigenvalue weighted by molar-refractivity contribution is 0.0666. The molecule has 31 heavy (non-hydrogen) atoms. The number of pyridine rings is 1. The molecular formula is C24H22ClN5O. The number of carbonyl (C=O) groups is 1. The Kier molecular flexibility index (Phi) is 4.18. The van der Waals surface area contributed by atoms with Crippen molar-refractivity contribution in [1.29, 1.82) is 0 Å². The number of rotatable bonds is 2. The van der Waals surface area contributed by atoms with E-state index in [1.54, 1.807) is 6.20 Å². The van der Waals surface area contributed by atoms with E-state index in [0.717, 1.165) is 66.8 Å². The van der Waals surface area contributed by atoms with Crippen LogP contribution in [0.2, 0.25) is 5.02 Å². The van der Waals surface area contributed by atoms with Crippen LogP contribution in [0.3, 0.4) is 0 Å². The van der Waals surface area contributed by atoms with Gasteiger partial charge in [0.05, 0.1) is 10.7 Å². The van der Waals surface area contributed by atoms with Crippen molar-refractivity contribution in [3.05, 3.63) is 71.1 Å². The highest BCUT2D eigenvalue weighted by Gasteiger charge is 2.43. The molecule has 0 aliphatic carbocycles. The van der Waals surface area contributed by atoms with E-state index >= 15 is 0 Å². The molecular weight excluding hydrogens is 410 g/mol. The van der Waals surface area contributed by atoms with Gasteiger partial charge in [0.1, 0.15) is 5.65 Å². The summed E-state index contributed by atoms with van der Waals surface area (Å²) in [5, 5.41) is 6.46. The molecule has 6 nitrogen and oxygen atoms in total. The number of carbonyl (C=O) groups excluding carboxylic acids is 1. The van der Waals surface area contributed by atoms with Gasteiger partial charge in [-0.05, 0) is 43.5 Å². The maximum absolute atomic E-state index is 12.8. The number of fused-ring (bicyclic) bond motifs is 3. The van der Waals surface area contributed by atoms with Gasteiger partial charge in [-0.25, -0.2) is 4.98 Å². The third-order valence-corrected chi connectivity index (χ3v) is 7.24. The van der Waals surface area contributed by atoms with Crippen LogP contribution in [-0.2, 0) is 12.0 Å². The number of benzene rings is 1. The molecule has 2 aliphatic heterocycles. The fourth-order valence-corrected chi connectivity index (χ4v) is 5.32. The van der Waals surface area contributed by atoms with Gasteiger partial charge in [-0.3, -0.25) is 9.48 Å². The molecule has 2 aliphatic rings. The minimum absolute atomic E-state index is 0.0992. The van der Waals surface area contributed by atoms with E-state index in [-0.39, 0.29) is 11.3 Å². The molecule has 0 radical (unpaired) electrons. The smallest absolute Gasteiger partial charge is 0.253 e. The highest BCUT2D eigenvalue weighted by Crippen LogP contribution is 2.44. The number of aromatic nitrogens is 4. The number of amides is 1. The Morgan fingerprint density at radius 1 is 1.06 bits per heavy atom. The van der Waals surface area contributed by atoms with Gasteiger partial charge in [-0.2, -0.15) is 5.10 Å². The fraction of sp³-hybridized carbons (Fsp3) is 0.292. The third-order valence-electron chi connectivity index (χ3n) is 6.93. The third kappa shape index (κ3) is 2.97. The van der Waals surface area contributed by atoms with E-state index in [4.69, 9.17) is 16.7 Å². The zero-order valence-corrected chi connectivity index (χ0v) is 17.8. The average molecular weight is 432 g/mol. The molecule has 156 valence electrons. The summed E-state index contributed by atoms with van der Waals surface area (Å²) >= 11 is 6.28. The fourth-order valence-electron chi connectivity index (χ4n) is 5.12. The molecule has 5 heterocycles. The van der Waals surface area contributed by atoms with Crippen LogP contribution in [0, 0.1) is 0 Å². The molecule has 3 aromatic heterocycles. The summed E-state index contributed by atoms with van der Waals surface area (Å²) in [5.74, 6) is 0.130. The molecule has 0 unspecified atom stereocenters. The van der Waals surface area contributed by atoms with Gasteiger partial charge in [-0.1, -0.05) is 29.8 Å². The summed E-state index contributed by atoms with van der Waals surface area (Å²) in [6.45, 7) is 2.48. The Morgan fingerprint density at radius 2 is 1.84 bits per heavy atom. The number of piperidine rings is 1. The van der Waals surface area contributed by atoms with E-state index in [0.29, 0.717) is 5.02 Å². The SMILES string of the molecule is O=C(c1ccccc1)N1CCC2(CC1)CCn1nc(-c3cnc4[nH]cc(Cl)c4c3)cc12. The standard InChI is InChI=1S/C24H22ClN5O/c25-19-15-27-22-18(19)12-17(14-26-22)20-13-21-24(8-11-30(21)28-20)6-9-29(10-7-24)23(31)16-4-2-1-3-5-16/h1-5,12-15H,6-11H2,(H,26,27). The molecule has 1 N–H and O–H groups in total. The van der Waals surface area contributed by atoms with Crippen molar-refractivity contribution in [2.45, 2.75) is 31.2 Å². The van der Waals surface area contributed by atoms with Crippen molar-refractivity contribution in [2.24, 2.45) is 0 Å². The van der Waals surface area contributed by atoms with Crippen molar-refractivity contribution < 1.29 is 4.79 Å². The molecule has 7 heteroatoms. The number of likely N-dealkylation sites (tertiary alicyclic amines) is 1. The number of halogens is 1. The summed E-state index contributed by atoms with van der Waals surface area (Å²) in [4.78, 5) is 22.4. The van der Waals surface area contributed by atoms with Crippen molar-refractivity contribution in [2.75, 3.05) is 13.1 Å². The summed E-state index contributed by atoms with van der Waals surface area (Å²) in [5.41, 5.74) is 4.85. The molecule has 4 aromatic rings. The second-order valence-electron chi connectivity index (χ2n) is 8.58. The zero-order valence-electron chi connectivity index (χ0n) is 17.0. The molecule has 0 atom stereocenters. The summed E-state index contributed by atoms with van der Waals surface area (Å²) in [6.07, 6.45) is 6.63. The van der Waals surface area contributed by atoms with Crippen LogP contribution in [0.4, 0.5) is 0 Å². The van der Waals surface area contributed by atoms with Crippen LogP contribution < -0.4 is 0 Å². The van der Waals surface area contributed by atoms with Gasteiger partial charge in [0.2, 0.25) is 0 Å². The number of nitrogens with one attached hydrogen (secondary N) is 1. The van der Waals surface area contributed by atoms with Crippen LogP contribution in [0.1, 0.15) is 35.3 Å². The number of H-pyrrole nitrogens is 1. The Balaban J connectivity index is 1.25. The van der Waals surface area contributed by atoms with Crippen molar-refractivity contribution in [3.8, 4) is 11.3 Å². The predicted octanol–water partition coefficient (Wildman–Crippen LogP) is 4.66. The van der Waals surface area contributed by atoms with E-state index in [2.05, 4.69) is 20.7 Å². The van der Waals surface area contributed by atoms with Crippen LogP contribution >= 0.6 is 11.6 Å². The number of aromatic amines is 1. The summed E-state index contributed by atoms with van der Waals surface area (Å²) < 4.78 is 2.15. The monoisotopic (exact) mass is 431 g/mol. The quantitative estimate of drug-likeness (QED) is 0.502. The molecule has 0 saturated carbocycles. The lowest BCUT2D eigenvalue weighted by Crippen LogP contribution is -2.44. The van der Waals surface area contributed by atoms with Crippen molar-refractivity contribution in [1.82, 2.24) is 24.6 Å². The molecule has 1 fully saturated rings. The minimum Gasteiger partial charge on any atom is -0.345 e. The van der Waals surface area contributed by atoms with Gasteiger partial charge in [-0.15, -0.1) is 0 Å². The molecule has 1 amide bonds. The minimum atomic E-state index is 0.0992. The Hall–Kier alpha value is -3.12. The van der Waals surface area contributed by atoms with Gasteiger partial charge in [0.15, 0.2) is 0 Å². The molecule has 1 spiro atoms. The van der Waals surface area contributed by atoms with Gasteiger partial charge >= 0.3 is 0 Å². The number of hydrogen-bond donors (Lipinski definition) is 1. The Morgan fingerprint density at radius 3 is 2.65 bits per heavy atom. The maximum atomic E-state index is 12.8. The molecule has 1 aromatic carbocycles. The van der Waals surface area contributed by atoms with E-state index in [1.165, 1.54) is 5.69 Å². The van der Waals surface area contributed by atoms with Gasteiger partial charge in [0, 0.05) is 59.7 Å². The van der Waals surface area contributed by atoms with E-state index in [1.807, 2.05) is 47.5 Å².